The van der Waals surface area contributed by atoms with E-state index in [-0.39, 0.29) is 21.8 Å². The predicted octanol–water partition coefficient (Wildman–Crippen LogP) is 3.90. The van der Waals surface area contributed by atoms with Crippen LogP contribution in [-0.4, -0.2) is 16.1 Å². The minimum absolute atomic E-state index is 0.0850. The molecule has 0 saturated heterocycles. The zero-order chi connectivity index (χ0) is 14.0. The highest BCUT2D eigenvalue weighted by Gasteiger charge is 2.22. The van der Waals surface area contributed by atoms with Gasteiger partial charge in [-0.1, -0.05) is 29.8 Å². The van der Waals surface area contributed by atoms with Gasteiger partial charge in [-0.25, -0.2) is 9.18 Å². The third-order valence-electron chi connectivity index (χ3n) is 2.56. The van der Waals surface area contributed by atoms with Crippen LogP contribution in [0, 0.1) is 5.82 Å². The fourth-order valence-corrected chi connectivity index (χ4v) is 2.33. The molecule has 98 valence electrons. The van der Waals surface area contributed by atoms with Gasteiger partial charge in [0.05, 0.1) is 16.3 Å². The number of hydrogen-bond acceptors (Lipinski definition) is 2. The van der Waals surface area contributed by atoms with Gasteiger partial charge in [0.15, 0.2) is 0 Å². The van der Waals surface area contributed by atoms with Crippen molar-refractivity contribution in [1.82, 2.24) is 4.98 Å². The first-order valence-electron chi connectivity index (χ1n) is 5.28. The van der Waals surface area contributed by atoms with Crippen molar-refractivity contribution in [2.75, 3.05) is 0 Å². The molecule has 1 unspecified atom stereocenters. The highest BCUT2D eigenvalue weighted by atomic mass is 35.5. The number of pyridine rings is 1. The Labute approximate surface area is 118 Å². The van der Waals surface area contributed by atoms with E-state index in [1.165, 1.54) is 30.5 Å². The van der Waals surface area contributed by atoms with E-state index in [9.17, 15) is 9.18 Å². The maximum absolute atomic E-state index is 13.6. The number of carboxylic acids is 1. The van der Waals surface area contributed by atoms with Gasteiger partial charge < -0.3 is 5.11 Å². The summed E-state index contributed by atoms with van der Waals surface area (Å²) in [6.07, 6.45) is 1.28. The summed E-state index contributed by atoms with van der Waals surface area (Å²) in [5, 5.41) is 7.93. The summed E-state index contributed by atoms with van der Waals surface area (Å²) >= 11 is 12.1. The smallest absolute Gasteiger partial charge is 0.337 e. The molecule has 0 aliphatic rings. The zero-order valence-corrected chi connectivity index (χ0v) is 11.0. The van der Waals surface area contributed by atoms with Gasteiger partial charge >= 0.3 is 5.97 Å². The first kappa shape index (κ1) is 13.8. The van der Waals surface area contributed by atoms with E-state index in [4.69, 9.17) is 28.3 Å². The Morgan fingerprint density at radius 1 is 1.32 bits per heavy atom. The second-order valence-corrected chi connectivity index (χ2v) is 4.56. The number of aromatic carboxylic acids is 1. The molecule has 1 N–H and O–H groups in total. The van der Waals surface area contributed by atoms with Crippen LogP contribution in [0.1, 0.15) is 27.0 Å². The van der Waals surface area contributed by atoms with Gasteiger partial charge in [0.25, 0.3) is 0 Å². The molecule has 0 aliphatic carbocycles. The quantitative estimate of drug-likeness (QED) is 0.875. The van der Waals surface area contributed by atoms with Crippen LogP contribution >= 0.6 is 23.2 Å². The average Bonchev–Trinajstić information content (AvgIpc) is 2.38. The number of carbonyl (C=O) groups is 1. The van der Waals surface area contributed by atoms with E-state index in [2.05, 4.69) is 4.98 Å². The molecule has 0 spiro atoms. The van der Waals surface area contributed by atoms with E-state index < -0.39 is 17.2 Å². The van der Waals surface area contributed by atoms with Gasteiger partial charge in [-0.15, -0.1) is 11.6 Å². The number of benzene rings is 1. The summed E-state index contributed by atoms with van der Waals surface area (Å²) in [4.78, 5) is 14.9. The number of alkyl halides is 1. The summed E-state index contributed by atoms with van der Waals surface area (Å²) < 4.78 is 13.6. The van der Waals surface area contributed by atoms with Gasteiger partial charge in [-0.3, -0.25) is 4.98 Å². The monoisotopic (exact) mass is 299 g/mol. The van der Waals surface area contributed by atoms with E-state index in [1.807, 2.05) is 0 Å². The minimum Gasteiger partial charge on any atom is -0.478 e. The lowest BCUT2D eigenvalue weighted by atomic mass is 10.1. The minimum atomic E-state index is -1.19. The van der Waals surface area contributed by atoms with Gasteiger partial charge in [-0.2, -0.15) is 0 Å². The van der Waals surface area contributed by atoms with Crippen LogP contribution in [-0.2, 0) is 0 Å². The van der Waals surface area contributed by atoms with Crippen molar-refractivity contribution >= 4 is 29.2 Å². The molecule has 0 fully saturated rings. The molecule has 0 radical (unpaired) electrons. The molecule has 1 heterocycles. The van der Waals surface area contributed by atoms with Crippen LogP contribution in [0.3, 0.4) is 0 Å². The molecule has 1 aromatic heterocycles. The van der Waals surface area contributed by atoms with Crippen LogP contribution in [0.15, 0.2) is 36.5 Å². The van der Waals surface area contributed by atoms with Crippen molar-refractivity contribution in [3.05, 3.63) is 64.2 Å². The Morgan fingerprint density at radius 2 is 2.00 bits per heavy atom. The third-order valence-corrected chi connectivity index (χ3v) is 3.40. The number of hydrogen-bond donors (Lipinski definition) is 1. The Kier molecular flexibility index (Phi) is 4.02. The first-order chi connectivity index (χ1) is 9.02. The number of carboxylic acid groups (broad SMARTS) is 1. The molecule has 3 nitrogen and oxygen atoms in total. The summed E-state index contributed by atoms with van der Waals surface area (Å²) in [6.45, 7) is 0. The lowest BCUT2D eigenvalue weighted by Gasteiger charge is -2.12. The van der Waals surface area contributed by atoms with Crippen LogP contribution in [0.4, 0.5) is 4.39 Å². The summed E-state index contributed by atoms with van der Waals surface area (Å²) in [7, 11) is 0. The number of rotatable bonds is 3. The van der Waals surface area contributed by atoms with Gasteiger partial charge in [0.2, 0.25) is 0 Å². The molecular formula is C13H8Cl2FNO2. The van der Waals surface area contributed by atoms with Crippen LogP contribution in [0.5, 0.6) is 0 Å². The molecule has 0 amide bonds. The molecule has 0 saturated carbocycles. The fourth-order valence-electron chi connectivity index (χ4n) is 1.63. The Bertz CT molecular complexity index is 634. The van der Waals surface area contributed by atoms with E-state index in [1.54, 1.807) is 6.07 Å². The standard InChI is InChI=1S/C13H8Cl2FNO2/c14-10(7-3-1-2-4-9(7)16)12-11(15)8(13(18)19)5-6-17-12/h1-6,10H,(H,18,19). The molecule has 1 atom stereocenters. The number of halogens is 3. The van der Waals surface area contributed by atoms with Gasteiger partial charge in [-0.05, 0) is 12.1 Å². The van der Waals surface area contributed by atoms with Crippen LogP contribution in [0.25, 0.3) is 0 Å². The van der Waals surface area contributed by atoms with Crippen molar-refractivity contribution in [2.24, 2.45) is 0 Å². The van der Waals surface area contributed by atoms with Crippen LogP contribution < -0.4 is 0 Å². The Hall–Kier alpha value is -1.65. The summed E-state index contributed by atoms with van der Waals surface area (Å²) in [5.41, 5.74) is 0.197. The summed E-state index contributed by atoms with van der Waals surface area (Å²) in [6, 6.07) is 7.19. The highest BCUT2D eigenvalue weighted by Crippen LogP contribution is 2.34. The summed E-state index contributed by atoms with van der Waals surface area (Å²) in [5.74, 6) is -1.69. The predicted molar refractivity (Wildman–Crippen MR) is 70.3 cm³/mol. The van der Waals surface area contributed by atoms with E-state index in [0.717, 1.165) is 0 Å². The third kappa shape index (κ3) is 2.69. The zero-order valence-electron chi connectivity index (χ0n) is 9.48. The van der Waals surface area contributed by atoms with Gasteiger partial charge in [0, 0.05) is 11.8 Å². The average molecular weight is 300 g/mol. The highest BCUT2D eigenvalue weighted by molar-refractivity contribution is 6.35. The molecule has 1 aromatic carbocycles. The number of nitrogens with zero attached hydrogens (tertiary/aromatic N) is 1. The topological polar surface area (TPSA) is 50.2 Å². The lowest BCUT2D eigenvalue weighted by Crippen LogP contribution is -2.05. The second kappa shape index (κ2) is 5.55. The second-order valence-electron chi connectivity index (χ2n) is 3.75. The Balaban J connectivity index is 2.51. The van der Waals surface area contributed by atoms with Crippen molar-refractivity contribution in [2.45, 2.75) is 5.38 Å². The molecule has 2 aromatic rings. The maximum atomic E-state index is 13.6. The lowest BCUT2D eigenvalue weighted by molar-refractivity contribution is 0.0697. The first-order valence-corrected chi connectivity index (χ1v) is 6.10. The molecule has 19 heavy (non-hydrogen) atoms. The molecule has 6 heteroatoms. The van der Waals surface area contributed by atoms with E-state index in [0.29, 0.717) is 0 Å². The van der Waals surface area contributed by atoms with Crippen molar-refractivity contribution < 1.29 is 14.3 Å². The molecule has 0 aliphatic heterocycles. The molecule has 2 rings (SSSR count). The fraction of sp³-hybridized carbons (Fsp3) is 0.0769. The number of aromatic nitrogens is 1. The van der Waals surface area contributed by atoms with Crippen molar-refractivity contribution in [3.8, 4) is 0 Å². The SMILES string of the molecule is O=C(O)c1ccnc(C(Cl)c2ccccc2F)c1Cl. The van der Waals surface area contributed by atoms with Crippen molar-refractivity contribution in [3.63, 3.8) is 0 Å². The normalized spacial score (nSPS) is 12.2. The Morgan fingerprint density at radius 3 is 2.63 bits per heavy atom. The maximum Gasteiger partial charge on any atom is 0.337 e. The van der Waals surface area contributed by atoms with E-state index >= 15 is 0 Å². The van der Waals surface area contributed by atoms with Crippen molar-refractivity contribution in [1.29, 1.82) is 0 Å². The molecular weight excluding hydrogens is 292 g/mol. The van der Waals surface area contributed by atoms with Gasteiger partial charge in [0.1, 0.15) is 11.2 Å². The van der Waals surface area contributed by atoms with Crippen LogP contribution in [0.2, 0.25) is 5.02 Å². The molecule has 0 bridgehead atoms. The largest absolute Gasteiger partial charge is 0.478 e.